The molecule has 1 unspecified atom stereocenters. The number of tetrazole rings is 1. The lowest BCUT2D eigenvalue weighted by Gasteiger charge is -2.39. The summed E-state index contributed by atoms with van der Waals surface area (Å²) in [5.41, 5.74) is 2.23. The predicted octanol–water partition coefficient (Wildman–Crippen LogP) is 3.78. The van der Waals surface area contributed by atoms with Crippen molar-refractivity contribution < 1.29 is 4.74 Å². The van der Waals surface area contributed by atoms with Gasteiger partial charge in [0.25, 0.3) is 0 Å². The molecule has 1 aliphatic heterocycles. The van der Waals surface area contributed by atoms with Crippen LogP contribution in [0.3, 0.4) is 0 Å². The fourth-order valence-corrected chi connectivity index (χ4v) is 5.24. The van der Waals surface area contributed by atoms with Crippen LogP contribution in [-0.2, 0) is 0 Å². The van der Waals surface area contributed by atoms with Crippen LogP contribution in [0.1, 0.15) is 37.3 Å². The zero-order chi connectivity index (χ0) is 22.1. The van der Waals surface area contributed by atoms with Crippen molar-refractivity contribution in [3.8, 4) is 5.75 Å². The van der Waals surface area contributed by atoms with Gasteiger partial charge in [-0.2, -0.15) is 0 Å². The van der Waals surface area contributed by atoms with Crippen LogP contribution in [0.4, 0.5) is 5.13 Å². The number of benzene rings is 2. The molecule has 1 atom stereocenters. The van der Waals surface area contributed by atoms with E-state index in [1.54, 1.807) is 18.4 Å². The molecule has 5 rings (SSSR count). The van der Waals surface area contributed by atoms with Gasteiger partial charge in [-0.3, -0.25) is 4.90 Å². The van der Waals surface area contributed by atoms with Crippen molar-refractivity contribution in [1.29, 1.82) is 0 Å². The molecule has 1 aliphatic rings. The molecule has 0 bridgehead atoms. The van der Waals surface area contributed by atoms with Crippen LogP contribution in [-0.4, -0.2) is 63.4 Å². The Bertz CT molecular complexity index is 1150. The van der Waals surface area contributed by atoms with Crippen LogP contribution < -0.4 is 9.64 Å². The smallest absolute Gasteiger partial charge is 0.186 e. The number of aromatic nitrogens is 5. The predicted molar refractivity (Wildman–Crippen MR) is 126 cm³/mol. The average molecular weight is 450 g/mol. The highest BCUT2D eigenvalue weighted by Crippen LogP contribution is 2.33. The number of hydrogen-bond donors (Lipinski definition) is 0. The second-order valence-corrected chi connectivity index (χ2v) is 9.25. The van der Waals surface area contributed by atoms with Crippen molar-refractivity contribution in [3.63, 3.8) is 0 Å². The van der Waals surface area contributed by atoms with Gasteiger partial charge in [-0.05, 0) is 54.1 Å². The van der Waals surface area contributed by atoms with E-state index in [0.29, 0.717) is 0 Å². The van der Waals surface area contributed by atoms with Crippen LogP contribution in [0.25, 0.3) is 10.2 Å². The third-order valence-electron chi connectivity index (χ3n) is 5.92. The first kappa shape index (κ1) is 20.8. The lowest BCUT2D eigenvalue weighted by molar-refractivity contribution is 0.199. The highest BCUT2D eigenvalue weighted by atomic mass is 32.1. The van der Waals surface area contributed by atoms with Gasteiger partial charge in [-0.15, -0.1) is 5.10 Å². The molecule has 0 aliphatic carbocycles. The summed E-state index contributed by atoms with van der Waals surface area (Å²) in [5.74, 6) is 1.72. The number of rotatable bonds is 6. The molecule has 0 N–H and O–H groups in total. The monoisotopic (exact) mass is 449 g/mol. The lowest BCUT2D eigenvalue weighted by Crippen LogP contribution is -2.48. The van der Waals surface area contributed by atoms with Crippen molar-refractivity contribution in [2.45, 2.75) is 25.9 Å². The van der Waals surface area contributed by atoms with Gasteiger partial charge in [-0.1, -0.05) is 35.6 Å². The largest absolute Gasteiger partial charge is 0.497 e. The van der Waals surface area contributed by atoms with E-state index in [1.165, 1.54) is 4.70 Å². The van der Waals surface area contributed by atoms with Gasteiger partial charge in [0.2, 0.25) is 0 Å². The van der Waals surface area contributed by atoms with Crippen molar-refractivity contribution in [3.05, 3.63) is 59.9 Å². The second-order valence-electron chi connectivity index (χ2n) is 8.24. The Labute approximate surface area is 191 Å². The molecule has 2 aromatic heterocycles. The zero-order valence-electron chi connectivity index (χ0n) is 18.5. The van der Waals surface area contributed by atoms with E-state index in [2.05, 4.69) is 69.5 Å². The second kappa shape index (κ2) is 8.84. The fraction of sp³-hybridized carbons (Fsp3) is 0.391. The van der Waals surface area contributed by atoms with Crippen molar-refractivity contribution in [2.24, 2.45) is 0 Å². The highest BCUT2D eigenvalue weighted by Gasteiger charge is 2.31. The Morgan fingerprint density at radius 1 is 0.969 bits per heavy atom. The summed E-state index contributed by atoms with van der Waals surface area (Å²) in [6.07, 6.45) is 0. The van der Waals surface area contributed by atoms with E-state index >= 15 is 0 Å². The van der Waals surface area contributed by atoms with Crippen LogP contribution >= 0.6 is 11.3 Å². The van der Waals surface area contributed by atoms with Crippen LogP contribution in [0.5, 0.6) is 5.75 Å². The number of hydrogen-bond acceptors (Lipinski definition) is 8. The van der Waals surface area contributed by atoms with Crippen LogP contribution in [0, 0.1) is 0 Å². The lowest BCUT2D eigenvalue weighted by atomic mass is 10.0. The molecule has 32 heavy (non-hydrogen) atoms. The molecular weight excluding hydrogens is 422 g/mol. The summed E-state index contributed by atoms with van der Waals surface area (Å²) >= 11 is 1.76. The molecule has 8 nitrogen and oxygen atoms in total. The van der Waals surface area contributed by atoms with E-state index < -0.39 is 0 Å². The molecule has 0 spiro atoms. The third-order valence-corrected chi connectivity index (χ3v) is 7.01. The molecule has 0 amide bonds. The molecule has 1 fully saturated rings. The van der Waals surface area contributed by atoms with Gasteiger partial charge in [0.15, 0.2) is 11.0 Å². The summed E-state index contributed by atoms with van der Waals surface area (Å²) < 4.78 is 8.52. The number of thiazole rings is 1. The topological polar surface area (TPSA) is 72.2 Å². The number of piperazine rings is 1. The SMILES string of the molecule is COc1ccc(C(c2nnnn2C(C)C)N2CCN(c3nc4ccccc4s3)CC2)cc1. The first-order valence-electron chi connectivity index (χ1n) is 10.9. The molecular formula is C23H27N7OS. The summed E-state index contributed by atoms with van der Waals surface area (Å²) in [5, 5.41) is 13.8. The van der Waals surface area contributed by atoms with Gasteiger partial charge < -0.3 is 9.64 Å². The maximum absolute atomic E-state index is 5.36. The first-order chi connectivity index (χ1) is 15.6. The number of methoxy groups -OCH3 is 1. The van der Waals surface area contributed by atoms with E-state index in [0.717, 1.165) is 54.0 Å². The molecule has 166 valence electrons. The van der Waals surface area contributed by atoms with E-state index in [1.807, 2.05) is 22.9 Å². The van der Waals surface area contributed by atoms with Crippen LogP contribution in [0.15, 0.2) is 48.5 Å². The molecule has 9 heteroatoms. The van der Waals surface area contributed by atoms with Crippen molar-refractivity contribution in [1.82, 2.24) is 30.1 Å². The minimum absolute atomic E-state index is 0.0178. The van der Waals surface area contributed by atoms with E-state index in [9.17, 15) is 0 Å². The molecule has 0 saturated carbocycles. The Morgan fingerprint density at radius 2 is 1.72 bits per heavy atom. The maximum Gasteiger partial charge on any atom is 0.186 e. The summed E-state index contributed by atoms with van der Waals surface area (Å²) in [6.45, 7) is 7.84. The van der Waals surface area contributed by atoms with Gasteiger partial charge >= 0.3 is 0 Å². The van der Waals surface area contributed by atoms with Gasteiger partial charge in [0.05, 0.1) is 29.4 Å². The van der Waals surface area contributed by atoms with Gasteiger partial charge in [0, 0.05) is 26.2 Å². The normalized spacial score (nSPS) is 16.1. The number of ether oxygens (including phenoxy) is 1. The fourth-order valence-electron chi connectivity index (χ4n) is 4.22. The van der Waals surface area contributed by atoms with Crippen LogP contribution in [0.2, 0.25) is 0 Å². The number of anilines is 1. The highest BCUT2D eigenvalue weighted by molar-refractivity contribution is 7.22. The number of nitrogens with zero attached hydrogens (tertiary/aromatic N) is 7. The minimum atomic E-state index is -0.0178. The first-order valence-corrected chi connectivity index (χ1v) is 11.7. The number of fused-ring (bicyclic) bond motifs is 1. The molecule has 0 radical (unpaired) electrons. The maximum atomic E-state index is 5.36. The third kappa shape index (κ3) is 3.93. The van der Waals surface area contributed by atoms with Crippen molar-refractivity contribution in [2.75, 3.05) is 38.2 Å². The van der Waals surface area contributed by atoms with E-state index in [4.69, 9.17) is 9.72 Å². The molecule has 3 heterocycles. The Balaban J connectivity index is 1.41. The standard InChI is InChI=1S/C23H27N7OS/c1-16(2)30-22(25-26-27-30)21(17-8-10-18(31-3)11-9-17)28-12-14-29(15-13-28)23-24-19-6-4-5-7-20(19)32-23/h4-11,16,21H,12-15H2,1-3H3. The average Bonchev–Trinajstić information content (AvgIpc) is 3.48. The quantitative estimate of drug-likeness (QED) is 0.443. The summed E-state index contributed by atoms with van der Waals surface area (Å²) in [6, 6.07) is 16.7. The molecule has 2 aromatic carbocycles. The zero-order valence-corrected chi connectivity index (χ0v) is 19.4. The van der Waals surface area contributed by atoms with Gasteiger partial charge in [0.1, 0.15) is 5.75 Å². The summed E-state index contributed by atoms with van der Waals surface area (Å²) in [7, 11) is 1.69. The molecule has 1 saturated heterocycles. The Morgan fingerprint density at radius 3 is 2.41 bits per heavy atom. The van der Waals surface area contributed by atoms with Crippen molar-refractivity contribution >= 4 is 26.7 Å². The minimum Gasteiger partial charge on any atom is -0.497 e. The van der Waals surface area contributed by atoms with E-state index in [-0.39, 0.29) is 12.1 Å². The Kier molecular flexibility index (Phi) is 5.75. The Hall–Kier alpha value is -3.04. The van der Waals surface area contributed by atoms with Gasteiger partial charge in [-0.25, -0.2) is 9.67 Å². The molecule has 4 aromatic rings. The summed E-state index contributed by atoms with van der Waals surface area (Å²) in [4.78, 5) is 9.70. The number of para-hydroxylation sites is 1.